The van der Waals surface area contributed by atoms with Crippen LogP contribution in [0.2, 0.25) is 0 Å². The van der Waals surface area contributed by atoms with Gasteiger partial charge >= 0.3 is 0 Å². The lowest BCUT2D eigenvalue weighted by atomic mass is 9.82. The number of nitrogens with zero attached hydrogens (tertiary/aromatic N) is 4. The van der Waals surface area contributed by atoms with Gasteiger partial charge in [-0.25, -0.2) is 9.67 Å². The van der Waals surface area contributed by atoms with Crippen molar-refractivity contribution >= 4 is 5.91 Å². The summed E-state index contributed by atoms with van der Waals surface area (Å²) in [6.07, 6.45) is 8.07. The fraction of sp³-hybridized carbons (Fsp3) is 0.750. The quantitative estimate of drug-likeness (QED) is 0.861. The van der Waals surface area contributed by atoms with Gasteiger partial charge in [0.15, 0.2) is 0 Å². The zero-order valence-electron chi connectivity index (χ0n) is 13.6. The van der Waals surface area contributed by atoms with Crippen LogP contribution in [0.1, 0.15) is 51.3 Å². The summed E-state index contributed by atoms with van der Waals surface area (Å²) in [5.74, 6) is 0.920. The highest BCUT2D eigenvalue weighted by molar-refractivity contribution is 5.82. The van der Waals surface area contributed by atoms with Crippen LogP contribution in [0.15, 0.2) is 6.33 Å². The van der Waals surface area contributed by atoms with Gasteiger partial charge in [0.2, 0.25) is 5.91 Å². The molecule has 1 amide bonds. The van der Waals surface area contributed by atoms with Crippen LogP contribution in [0.25, 0.3) is 0 Å². The molecule has 0 radical (unpaired) electrons. The Morgan fingerprint density at radius 3 is 3.00 bits per heavy atom. The minimum Gasteiger partial charge on any atom is -0.336 e. The van der Waals surface area contributed by atoms with E-state index in [1.54, 1.807) is 6.33 Å². The number of hydrogen-bond acceptors (Lipinski definition) is 5. The maximum Gasteiger partial charge on any atom is 0.238 e. The lowest BCUT2D eigenvalue weighted by molar-refractivity contribution is -0.124. The van der Waals surface area contributed by atoms with E-state index in [4.69, 9.17) is 0 Å². The summed E-state index contributed by atoms with van der Waals surface area (Å²) in [5, 5.41) is 20.0. The molecule has 2 N–H and O–H groups in total. The number of rotatable bonds is 4. The van der Waals surface area contributed by atoms with Gasteiger partial charge in [-0.2, -0.15) is 10.4 Å². The topological polar surface area (TPSA) is 95.6 Å². The van der Waals surface area contributed by atoms with Crippen LogP contribution in [-0.4, -0.2) is 38.3 Å². The van der Waals surface area contributed by atoms with Gasteiger partial charge < -0.3 is 10.6 Å². The van der Waals surface area contributed by atoms with Crippen LogP contribution in [0.3, 0.4) is 0 Å². The number of nitrogens with one attached hydrogen (secondary N) is 2. The molecule has 0 saturated heterocycles. The molecule has 2 atom stereocenters. The van der Waals surface area contributed by atoms with E-state index in [1.807, 2.05) is 11.6 Å². The molecule has 1 aliphatic carbocycles. The number of hydrogen-bond donors (Lipinski definition) is 2. The summed E-state index contributed by atoms with van der Waals surface area (Å²) in [7, 11) is 0. The van der Waals surface area contributed by atoms with E-state index in [-0.39, 0.29) is 18.0 Å². The smallest absolute Gasteiger partial charge is 0.238 e. The molecular weight excluding hydrogens is 292 g/mol. The average Bonchev–Trinajstić information content (AvgIpc) is 3.03. The van der Waals surface area contributed by atoms with Crippen molar-refractivity contribution in [2.75, 3.05) is 0 Å². The Morgan fingerprint density at radius 2 is 2.26 bits per heavy atom. The fourth-order valence-corrected chi connectivity index (χ4v) is 3.57. The first-order valence-corrected chi connectivity index (χ1v) is 8.48. The zero-order valence-corrected chi connectivity index (χ0v) is 13.6. The van der Waals surface area contributed by atoms with Crippen LogP contribution < -0.4 is 10.6 Å². The standard InChI is InChI=1S/C16H24N6O/c1-12(15(23)21-16(10-17)7-3-2-4-8-16)20-13-5-6-14-18-11-19-22(14)9-13/h11-13,20H,2-9H2,1H3,(H,21,23). The summed E-state index contributed by atoms with van der Waals surface area (Å²) >= 11 is 0. The van der Waals surface area contributed by atoms with Gasteiger partial charge in [0.05, 0.1) is 18.7 Å². The highest BCUT2D eigenvalue weighted by Crippen LogP contribution is 2.27. The van der Waals surface area contributed by atoms with Crippen LogP contribution in [0.5, 0.6) is 0 Å². The minimum atomic E-state index is -0.670. The first kappa shape index (κ1) is 15.9. The number of carbonyl (C=O) groups excluding carboxylic acids is 1. The molecule has 2 heterocycles. The Morgan fingerprint density at radius 1 is 1.48 bits per heavy atom. The molecule has 0 spiro atoms. The molecule has 2 unspecified atom stereocenters. The van der Waals surface area contributed by atoms with Crippen molar-refractivity contribution in [1.82, 2.24) is 25.4 Å². The number of fused-ring (bicyclic) bond motifs is 1. The van der Waals surface area contributed by atoms with Crippen molar-refractivity contribution in [2.45, 2.75) is 76.0 Å². The summed E-state index contributed by atoms with van der Waals surface area (Å²) in [4.78, 5) is 16.7. The molecule has 23 heavy (non-hydrogen) atoms. The first-order valence-electron chi connectivity index (χ1n) is 8.48. The zero-order chi connectivity index (χ0) is 16.3. The van der Waals surface area contributed by atoms with E-state index >= 15 is 0 Å². The Bertz CT molecular complexity index is 598. The predicted molar refractivity (Wildman–Crippen MR) is 84.3 cm³/mol. The summed E-state index contributed by atoms with van der Waals surface area (Å²) < 4.78 is 1.89. The third-order valence-corrected chi connectivity index (χ3v) is 4.97. The Hall–Kier alpha value is -1.94. The van der Waals surface area contributed by atoms with Gasteiger partial charge in [-0.1, -0.05) is 19.3 Å². The van der Waals surface area contributed by atoms with Gasteiger partial charge in [-0.05, 0) is 26.2 Å². The summed E-state index contributed by atoms with van der Waals surface area (Å²) in [5.41, 5.74) is -0.670. The molecule has 0 bridgehead atoms. The highest BCUT2D eigenvalue weighted by Gasteiger charge is 2.35. The van der Waals surface area contributed by atoms with Crippen LogP contribution in [0, 0.1) is 11.3 Å². The Kier molecular flexibility index (Phi) is 4.62. The van der Waals surface area contributed by atoms with E-state index in [0.717, 1.165) is 57.3 Å². The summed E-state index contributed by atoms with van der Waals surface area (Å²) in [6.45, 7) is 2.59. The second-order valence-electron chi connectivity index (χ2n) is 6.73. The van der Waals surface area contributed by atoms with Gasteiger partial charge in [0.1, 0.15) is 17.7 Å². The second kappa shape index (κ2) is 6.67. The van der Waals surface area contributed by atoms with Gasteiger partial charge in [0.25, 0.3) is 0 Å². The lowest BCUT2D eigenvalue weighted by Gasteiger charge is -2.33. The molecule has 1 fully saturated rings. The van der Waals surface area contributed by atoms with Crippen LogP contribution >= 0.6 is 0 Å². The molecule has 0 aromatic carbocycles. The highest BCUT2D eigenvalue weighted by atomic mass is 16.2. The summed E-state index contributed by atoms with van der Waals surface area (Å²) in [6, 6.07) is 2.22. The minimum absolute atomic E-state index is 0.0853. The molecule has 124 valence electrons. The molecule has 7 nitrogen and oxygen atoms in total. The maximum atomic E-state index is 12.5. The first-order chi connectivity index (χ1) is 11.1. The van der Waals surface area contributed by atoms with Crippen molar-refractivity contribution in [3.05, 3.63) is 12.2 Å². The number of aryl methyl sites for hydroxylation is 1. The van der Waals surface area contributed by atoms with Crippen LogP contribution in [0.4, 0.5) is 0 Å². The Labute approximate surface area is 136 Å². The molecule has 7 heteroatoms. The van der Waals surface area contributed by atoms with E-state index in [1.165, 1.54) is 0 Å². The van der Waals surface area contributed by atoms with Gasteiger partial charge in [0, 0.05) is 12.5 Å². The SMILES string of the molecule is CC(NC1CCc2ncnn2C1)C(=O)NC1(C#N)CCCCC1. The Balaban J connectivity index is 1.55. The number of nitriles is 1. The van der Waals surface area contributed by atoms with E-state index < -0.39 is 5.54 Å². The molecule has 1 saturated carbocycles. The normalized spacial score (nSPS) is 24.3. The number of amides is 1. The van der Waals surface area contributed by atoms with Crippen molar-refractivity contribution in [2.24, 2.45) is 0 Å². The lowest BCUT2D eigenvalue weighted by Crippen LogP contribution is -2.56. The van der Waals surface area contributed by atoms with Gasteiger partial charge in [-0.3, -0.25) is 4.79 Å². The number of carbonyl (C=O) groups is 1. The molecule has 3 rings (SSSR count). The fourth-order valence-electron chi connectivity index (χ4n) is 3.57. The third kappa shape index (κ3) is 3.53. The molecule has 2 aliphatic rings. The third-order valence-electron chi connectivity index (χ3n) is 4.97. The van der Waals surface area contributed by atoms with Crippen molar-refractivity contribution in [3.63, 3.8) is 0 Å². The molecule has 1 aromatic rings. The molecular formula is C16H24N6O. The van der Waals surface area contributed by atoms with Gasteiger partial charge in [-0.15, -0.1) is 0 Å². The molecule has 1 aliphatic heterocycles. The predicted octanol–water partition coefficient (Wildman–Crippen LogP) is 0.914. The van der Waals surface area contributed by atoms with Crippen molar-refractivity contribution in [3.8, 4) is 6.07 Å². The average molecular weight is 316 g/mol. The largest absolute Gasteiger partial charge is 0.336 e. The van der Waals surface area contributed by atoms with Crippen molar-refractivity contribution in [1.29, 1.82) is 5.26 Å². The van der Waals surface area contributed by atoms with E-state index in [0.29, 0.717) is 0 Å². The number of aromatic nitrogens is 3. The van der Waals surface area contributed by atoms with E-state index in [2.05, 4.69) is 26.8 Å². The second-order valence-corrected chi connectivity index (χ2v) is 6.73. The maximum absolute atomic E-state index is 12.5. The van der Waals surface area contributed by atoms with Crippen LogP contribution in [-0.2, 0) is 17.8 Å². The van der Waals surface area contributed by atoms with E-state index in [9.17, 15) is 10.1 Å². The monoisotopic (exact) mass is 316 g/mol. The molecule has 1 aromatic heterocycles. The van der Waals surface area contributed by atoms with Crippen molar-refractivity contribution < 1.29 is 4.79 Å².